The number of esters is 1. The van der Waals surface area contributed by atoms with Gasteiger partial charge in [0.1, 0.15) is 30.0 Å². The van der Waals surface area contributed by atoms with Crippen molar-refractivity contribution in [3.8, 4) is 5.75 Å². The van der Waals surface area contributed by atoms with Crippen molar-refractivity contribution in [1.82, 2.24) is 15.5 Å². The van der Waals surface area contributed by atoms with Crippen LogP contribution in [0, 0.1) is 0 Å². The van der Waals surface area contributed by atoms with Gasteiger partial charge in [-0.1, -0.05) is 18.2 Å². The Morgan fingerprint density at radius 2 is 1.81 bits per heavy atom. The van der Waals surface area contributed by atoms with Crippen molar-refractivity contribution in [3.05, 3.63) is 29.8 Å². The number of benzene rings is 1. The van der Waals surface area contributed by atoms with E-state index < -0.39 is 54.0 Å². The number of para-hydroxylation sites is 1. The summed E-state index contributed by atoms with van der Waals surface area (Å²) in [5.74, 6) is -3.00. The number of rotatable bonds is 11. The lowest BCUT2D eigenvalue weighted by Gasteiger charge is -2.34. The molecule has 36 heavy (non-hydrogen) atoms. The fourth-order valence-electron chi connectivity index (χ4n) is 3.51. The van der Waals surface area contributed by atoms with Gasteiger partial charge in [-0.25, -0.2) is 4.79 Å². The molecule has 0 saturated heterocycles. The summed E-state index contributed by atoms with van der Waals surface area (Å²) in [6.07, 6.45) is -0.0613. The number of nitrogens with two attached hydrogens (primary N) is 1. The van der Waals surface area contributed by atoms with Crippen molar-refractivity contribution in [3.63, 3.8) is 0 Å². The second-order valence-electron chi connectivity index (χ2n) is 9.44. The molecule has 0 spiro atoms. The number of carbonyl (C=O) groups is 5. The Bertz CT molecular complexity index is 987. The van der Waals surface area contributed by atoms with Gasteiger partial charge in [0, 0.05) is 18.0 Å². The summed E-state index contributed by atoms with van der Waals surface area (Å²) in [4.78, 5) is 63.9. The molecule has 1 saturated carbocycles. The van der Waals surface area contributed by atoms with E-state index in [4.69, 9.17) is 10.5 Å². The van der Waals surface area contributed by atoms with Crippen LogP contribution in [0.2, 0.25) is 0 Å². The van der Waals surface area contributed by atoms with E-state index in [1.54, 1.807) is 32.9 Å². The number of phenols is 1. The molecule has 0 aliphatic heterocycles. The Labute approximate surface area is 209 Å². The van der Waals surface area contributed by atoms with Crippen LogP contribution in [0.15, 0.2) is 24.3 Å². The summed E-state index contributed by atoms with van der Waals surface area (Å²) >= 11 is 0. The van der Waals surface area contributed by atoms with E-state index in [-0.39, 0.29) is 30.2 Å². The van der Waals surface area contributed by atoms with Gasteiger partial charge in [0.15, 0.2) is 0 Å². The van der Waals surface area contributed by atoms with Crippen LogP contribution in [0.3, 0.4) is 0 Å². The minimum Gasteiger partial charge on any atom is -0.508 e. The number of nitrogens with one attached hydrogen (secondary N) is 2. The second kappa shape index (κ2) is 12.2. The number of carbonyl (C=O) groups excluding carboxylic acids is 5. The molecule has 5 N–H and O–H groups in total. The third-order valence-electron chi connectivity index (χ3n) is 5.26. The molecule has 2 rings (SSSR count). The van der Waals surface area contributed by atoms with Gasteiger partial charge < -0.3 is 35.8 Å². The van der Waals surface area contributed by atoms with Crippen LogP contribution >= 0.6 is 0 Å². The van der Waals surface area contributed by atoms with Crippen molar-refractivity contribution < 1.29 is 38.6 Å². The van der Waals surface area contributed by atoms with Crippen LogP contribution in [-0.2, 0) is 28.7 Å². The average Bonchev–Trinajstić information content (AvgIpc) is 3.62. The molecule has 0 aromatic heterocycles. The predicted molar refractivity (Wildman–Crippen MR) is 127 cm³/mol. The maximum Gasteiger partial charge on any atom is 0.408 e. The van der Waals surface area contributed by atoms with Crippen LogP contribution in [-0.4, -0.2) is 71.1 Å². The third kappa shape index (κ3) is 8.43. The molecule has 12 nitrogen and oxygen atoms in total. The van der Waals surface area contributed by atoms with E-state index in [9.17, 15) is 29.1 Å². The standard InChI is InChI=1S/C24H34N4O8/c1-24(2,3)36-23(34)27-16(11-12-18(25)30)22(33)28(14-9-10-14)20(15-7-5-6-8-17(15)29)21(32)26-13-19(31)35-4/h5-8,14,16,20,29H,9-13H2,1-4H3,(H2,25,30)(H,26,32)(H,27,34). The summed E-state index contributed by atoms with van der Waals surface area (Å²) in [6, 6.07) is 3.07. The Morgan fingerprint density at radius 3 is 2.33 bits per heavy atom. The van der Waals surface area contributed by atoms with Crippen LogP contribution in [0.25, 0.3) is 0 Å². The van der Waals surface area contributed by atoms with Gasteiger partial charge in [0.2, 0.25) is 17.7 Å². The number of hydrogen-bond donors (Lipinski definition) is 4. The molecule has 2 atom stereocenters. The largest absolute Gasteiger partial charge is 0.508 e. The lowest BCUT2D eigenvalue weighted by atomic mass is 10.0. The number of phenolic OH excluding ortho intramolecular Hbond substituents is 1. The molecule has 1 aliphatic carbocycles. The highest BCUT2D eigenvalue weighted by molar-refractivity contribution is 5.94. The average molecular weight is 507 g/mol. The lowest BCUT2D eigenvalue weighted by molar-refractivity contribution is -0.145. The maximum atomic E-state index is 13.8. The second-order valence-corrected chi connectivity index (χ2v) is 9.44. The quantitative estimate of drug-likeness (QED) is 0.319. The number of nitrogens with zero attached hydrogens (tertiary/aromatic N) is 1. The van der Waals surface area contributed by atoms with E-state index in [2.05, 4.69) is 15.4 Å². The topological polar surface area (TPSA) is 177 Å². The third-order valence-corrected chi connectivity index (χ3v) is 5.26. The van der Waals surface area contributed by atoms with E-state index in [0.717, 1.165) is 0 Å². The highest BCUT2D eigenvalue weighted by Crippen LogP contribution is 2.38. The summed E-state index contributed by atoms with van der Waals surface area (Å²) in [7, 11) is 1.17. The van der Waals surface area contributed by atoms with Crippen molar-refractivity contribution >= 4 is 29.8 Å². The van der Waals surface area contributed by atoms with Crippen molar-refractivity contribution in [2.75, 3.05) is 13.7 Å². The minimum absolute atomic E-state index is 0.131. The van der Waals surface area contributed by atoms with Gasteiger partial charge in [-0.05, 0) is 46.1 Å². The fourth-order valence-corrected chi connectivity index (χ4v) is 3.51. The molecular formula is C24H34N4O8. The molecule has 1 aromatic rings. The number of primary amides is 1. The summed E-state index contributed by atoms with van der Waals surface area (Å²) in [5, 5.41) is 15.4. The first kappa shape index (κ1) is 28.4. The minimum atomic E-state index is -1.33. The zero-order chi connectivity index (χ0) is 27.0. The van der Waals surface area contributed by atoms with E-state index in [0.29, 0.717) is 12.8 Å². The molecule has 198 valence electrons. The van der Waals surface area contributed by atoms with Gasteiger partial charge in [-0.15, -0.1) is 0 Å². The van der Waals surface area contributed by atoms with E-state index in [1.165, 1.54) is 24.1 Å². The molecule has 0 bridgehead atoms. The van der Waals surface area contributed by atoms with Crippen LogP contribution in [0.1, 0.15) is 58.1 Å². The molecule has 0 radical (unpaired) electrons. The van der Waals surface area contributed by atoms with Crippen molar-refractivity contribution in [1.29, 1.82) is 0 Å². The van der Waals surface area contributed by atoms with Gasteiger partial charge in [0.05, 0.1) is 7.11 Å². The maximum absolute atomic E-state index is 13.8. The molecule has 12 heteroatoms. The Kier molecular flexibility index (Phi) is 9.65. The number of amides is 4. The molecule has 1 fully saturated rings. The molecular weight excluding hydrogens is 472 g/mol. The Balaban J connectivity index is 2.44. The molecule has 1 aliphatic rings. The molecule has 0 heterocycles. The van der Waals surface area contributed by atoms with E-state index >= 15 is 0 Å². The zero-order valence-corrected chi connectivity index (χ0v) is 20.9. The van der Waals surface area contributed by atoms with Gasteiger partial charge >= 0.3 is 12.1 Å². The summed E-state index contributed by atoms with van der Waals surface area (Å²) < 4.78 is 9.83. The van der Waals surface area contributed by atoms with E-state index in [1.807, 2.05) is 0 Å². The number of hydrogen-bond acceptors (Lipinski definition) is 8. The lowest BCUT2D eigenvalue weighted by Crippen LogP contribution is -2.54. The molecule has 4 amide bonds. The van der Waals surface area contributed by atoms with Crippen LogP contribution < -0.4 is 16.4 Å². The number of aromatic hydroxyl groups is 1. The fraction of sp³-hybridized carbons (Fsp3) is 0.542. The van der Waals surface area contributed by atoms with Gasteiger partial charge in [-0.2, -0.15) is 0 Å². The monoisotopic (exact) mass is 506 g/mol. The number of methoxy groups -OCH3 is 1. The highest BCUT2D eigenvalue weighted by Gasteiger charge is 2.44. The number of ether oxygens (including phenoxy) is 2. The van der Waals surface area contributed by atoms with Gasteiger partial charge in [-0.3, -0.25) is 19.2 Å². The normalized spacial score (nSPS) is 14.7. The first-order valence-corrected chi connectivity index (χ1v) is 11.6. The zero-order valence-electron chi connectivity index (χ0n) is 20.9. The first-order valence-electron chi connectivity index (χ1n) is 11.6. The molecule has 1 aromatic carbocycles. The SMILES string of the molecule is COC(=O)CNC(=O)C(c1ccccc1O)N(C(=O)C(CCC(N)=O)NC(=O)OC(C)(C)C)C1CC1. The highest BCUT2D eigenvalue weighted by atomic mass is 16.6. The van der Waals surface area contributed by atoms with Crippen molar-refractivity contribution in [2.24, 2.45) is 5.73 Å². The summed E-state index contributed by atoms with van der Waals surface area (Å²) in [6.45, 7) is 4.52. The predicted octanol–water partition coefficient (Wildman–Crippen LogP) is 0.872. The smallest absolute Gasteiger partial charge is 0.408 e. The van der Waals surface area contributed by atoms with Crippen LogP contribution in [0.5, 0.6) is 5.75 Å². The van der Waals surface area contributed by atoms with Crippen molar-refractivity contribution in [2.45, 2.75) is 70.2 Å². The van der Waals surface area contributed by atoms with Gasteiger partial charge in [0.25, 0.3) is 0 Å². The number of alkyl carbamates (subject to hydrolysis) is 1. The Morgan fingerprint density at radius 1 is 1.17 bits per heavy atom. The Hall–Kier alpha value is -3.83. The summed E-state index contributed by atoms with van der Waals surface area (Å²) in [5.41, 5.74) is 4.56. The first-order chi connectivity index (χ1) is 16.8. The van der Waals surface area contributed by atoms with Crippen LogP contribution in [0.4, 0.5) is 4.79 Å². The molecule has 2 unspecified atom stereocenters.